The average molecular weight is 154 g/mol. The van der Waals surface area contributed by atoms with Crippen LogP contribution in [0.3, 0.4) is 0 Å². The Morgan fingerprint density at radius 1 is 1.55 bits per heavy atom. The summed E-state index contributed by atoms with van der Waals surface area (Å²) in [6.45, 7) is 9.80. The van der Waals surface area contributed by atoms with Gasteiger partial charge in [-0.25, -0.2) is 0 Å². The van der Waals surface area contributed by atoms with Crippen LogP contribution in [0.5, 0.6) is 0 Å². The summed E-state index contributed by atoms with van der Waals surface area (Å²) in [7, 11) is 0. The molecule has 0 aromatic rings. The molecule has 0 saturated heterocycles. The molecular formula is C10H18O. The third kappa shape index (κ3) is 4.65. The first-order chi connectivity index (χ1) is 5.07. The predicted octanol–water partition coefficient (Wildman–Crippen LogP) is 3.44. The molecule has 1 heteroatoms. The predicted molar refractivity (Wildman–Crippen MR) is 49.6 cm³/mol. The Morgan fingerprint density at radius 3 is 2.45 bits per heavy atom. The van der Waals surface area contributed by atoms with Crippen LogP contribution < -0.4 is 0 Å². The Morgan fingerprint density at radius 2 is 2.09 bits per heavy atom. The minimum absolute atomic E-state index is 0.339. The second-order valence-corrected chi connectivity index (χ2v) is 3.30. The van der Waals surface area contributed by atoms with Crippen molar-refractivity contribution in [2.75, 3.05) is 0 Å². The Hall–Kier alpha value is -0.720. The minimum atomic E-state index is 0.339. The zero-order chi connectivity index (χ0) is 8.85. The zero-order valence-electron chi connectivity index (χ0n) is 7.72. The summed E-state index contributed by atoms with van der Waals surface area (Å²) in [5.41, 5.74) is 1.04. The van der Waals surface area contributed by atoms with Gasteiger partial charge in [0.2, 0.25) is 0 Å². The molecule has 0 bridgehead atoms. The van der Waals surface area contributed by atoms with Gasteiger partial charge in [0.15, 0.2) is 0 Å². The summed E-state index contributed by atoms with van der Waals surface area (Å²) in [6.07, 6.45) is 3.59. The van der Waals surface area contributed by atoms with Crippen molar-refractivity contribution in [3.63, 3.8) is 0 Å². The third-order valence-electron chi connectivity index (χ3n) is 1.73. The molecule has 1 nitrogen and oxygen atoms in total. The second kappa shape index (κ2) is 5.00. The molecular weight excluding hydrogens is 136 g/mol. The van der Waals surface area contributed by atoms with E-state index >= 15 is 0 Å². The molecule has 0 saturated carbocycles. The van der Waals surface area contributed by atoms with Crippen molar-refractivity contribution in [1.82, 2.24) is 0 Å². The number of aliphatic hydroxyl groups is 1. The summed E-state index contributed by atoms with van der Waals surface area (Å²) in [5, 5.41) is 9.20. The Balaban J connectivity index is 3.85. The highest BCUT2D eigenvalue weighted by Crippen LogP contribution is 2.13. The van der Waals surface area contributed by atoms with Crippen molar-refractivity contribution in [3.8, 4) is 0 Å². The summed E-state index contributed by atoms with van der Waals surface area (Å²) in [6, 6.07) is 0. The fourth-order valence-electron chi connectivity index (χ4n) is 0.807. The van der Waals surface area contributed by atoms with Crippen molar-refractivity contribution in [1.29, 1.82) is 0 Å². The molecule has 0 aliphatic heterocycles. The lowest BCUT2D eigenvalue weighted by molar-refractivity contribution is 0.420. The van der Waals surface area contributed by atoms with Crippen molar-refractivity contribution >= 4 is 0 Å². The van der Waals surface area contributed by atoms with Gasteiger partial charge in [0.1, 0.15) is 5.76 Å². The van der Waals surface area contributed by atoms with E-state index < -0.39 is 0 Å². The Bertz CT molecular complexity index is 154. The van der Waals surface area contributed by atoms with Crippen molar-refractivity contribution in [2.45, 2.75) is 33.6 Å². The van der Waals surface area contributed by atoms with Crippen LogP contribution >= 0.6 is 0 Å². The van der Waals surface area contributed by atoms with Gasteiger partial charge in [-0.2, -0.15) is 0 Å². The average Bonchev–Trinajstić information content (AvgIpc) is 1.98. The van der Waals surface area contributed by atoms with Crippen LogP contribution in [-0.2, 0) is 0 Å². The van der Waals surface area contributed by atoms with Gasteiger partial charge in [-0.05, 0) is 37.3 Å². The number of aliphatic hydroxyl groups excluding tert-OH is 1. The fraction of sp³-hybridized carbons (Fsp3) is 0.600. The SMILES string of the molecule is C=CC(O)=C(C)CCC(C)C. The molecule has 0 rings (SSSR count). The van der Waals surface area contributed by atoms with Gasteiger partial charge in [-0.3, -0.25) is 0 Å². The van der Waals surface area contributed by atoms with E-state index in [2.05, 4.69) is 20.4 Å². The highest BCUT2D eigenvalue weighted by Gasteiger charge is 1.98. The first-order valence-electron chi connectivity index (χ1n) is 4.09. The summed E-state index contributed by atoms with van der Waals surface area (Å²) in [4.78, 5) is 0. The van der Waals surface area contributed by atoms with Gasteiger partial charge in [0.05, 0.1) is 0 Å². The normalized spacial score (nSPS) is 13.1. The van der Waals surface area contributed by atoms with E-state index in [1.807, 2.05) is 6.92 Å². The van der Waals surface area contributed by atoms with Crippen LogP contribution in [0.25, 0.3) is 0 Å². The van der Waals surface area contributed by atoms with E-state index in [1.54, 1.807) is 0 Å². The molecule has 0 aromatic carbocycles. The standard InChI is InChI=1S/C10H18O/c1-5-10(11)9(4)7-6-8(2)3/h5,8,11H,1,6-7H2,2-4H3. The number of hydrogen-bond donors (Lipinski definition) is 1. The van der Waals surface area contributed by atoms with Crippen molar-refractivity contribution in [3.05, 3.63) is 24.0 Å². The van der Waals surface area contributed by atoms with E-state index in [1.165, 1.54) is 6.08 Å². The van der Waals surface area contributed by atoms with Crippen LogP contribution in [0.1, 0.15) is 33.6 Å². The molecule has 0 aliphatic rings. The van der Waals surface area contributed by atoms with E-state index in [0.717, 1.165) is 18.4 Å². The van der Waals surface area contributed by atoms with Crippen LogP contribution in [0.4, 0.5) is 0 Å². The van der Waals surface area contributed by atoms with Gasteiger partial charge >= 0.3 is 0 Å². The summed E-state index contributed by atoms with van der Waals surface area (Å²) >= 11 is 0. The molecule has 11 heavy (non-hydrogen) atoms. The smallest absolute Gasteiger partial charge is 0.113 e. The molecule has 0 amide bonds. The first kappa shape index (κ1) is 10.3. The molecule has 0 radical (unpaired) electrons. The molecule has 0 atom stereocenters. The monoisotopic (exact) mass is 154 g/mol. The van der Waals surface area contributed by atoms with E-state index in [-0.39, 0.29) is 0 Å². The molecule has 0 aromatic heterocycles. The molecule has 0 unspecified atom stereocenters. The third-order valence-corrected chi connectivity index (χ3v) is 1.73. The first-order valence-corrected chi connectivity index (χ1v) is 4.09. The number of rotatable bonds is 4. The van der Waals surface area contributed by atoms with Crippen LogP contribution in [0.15, 0.2) is 24.0 Å². The van der Waals surface area contributed by atoms with Gasteiger partial charge in [0.25, 0.3) is 0 Å². The maximum atomic E-state index is 9.20. The van der Waals surface area contributed by atoms with E-state index in [0.29, 0.717) is 11.7 Å². The van der Waals surface area contributed by atoms with Crippen molar-refractivity contribution in [2.24, 2.45) is 5.92 Å². The maximum absolute atomic E-state index is 9.20. The van der Waals surface area contributed by atoms with Crippen molar-refractivity contribution < 1.29 is 5.11 Å². The lowest BCUT2D eigenvalue weighted by Crippen LogP contribution is -1.90. The molecule has 0 fully saturated rings. The summed E-state index contributed by atoms with van der Waals surface area (Å²) < 4.78 is 0. The van der Waals surface area contributed by atoms with Gasteiger partial charge in [0, 0.05) is 0 Å². The topological polar surface area (TPSA) is 20.2 Å². The van der Waals surface area contributed by atoms with Gasteiger partial charge in [-0.15, -0.1) is 0 Å². The minimum Gasteiger partial charge on any atom is -0.508 e. The second-order valence-electron chi connectivity index (χ2n) is 3.30. The number of hydrogen-bond acceptors (Lipinski definition) is 1. The largest absolute Gasteiger partial charge is 0.508 e. The van der Waals surface area contributed by atoms with Gasteiger partial charge < -0.3 is 5.11 Å². The zero-order valence-corrected chi connectivity index (χ0v) is 7.72. The lowest BCUT2D eigenvalue weighted by Gasteiger charge is -2.05. The Kier molecular flexibility index (Phi) is 4.67. The van der Waals surface area contributed by atoms with Crippen LogP contribution in [-0.4, -0.2) is 5.11 Å². The molecule has 0 heterocycles. The fourth-order valence-corrected chi connectivity index (χ4v) is 0.807. The Labute approximate surface area is 69.4 Å². The highest BCUT2D eigenvalue weighted by molar-refractivity contribution is 5.14. The highest BCUT2D eigenvalue weighted by atomic mass is 16.3. The summed E-state index contributed by atoms with van der Waals surface area (Å²) in [5.74, 6) is 1.04. The molecule has 0 aliphatic carbocycles. The van der Waals surface area contributed by atoms with Crippen LogP contribution in [0.2, 0.25) is 0 Å². The number of allylic oxidation sites excluding steroid dienone is 2. The quantitative estimate of drug-likeness (QED) is 0.486. The van der Waals surface area contributed by atoms with Crippen LogP contribution in [0, 0.1) is 5.92 Å². The molecule has 0 spiro atoms. The van der Waals surface area contributed by atoms with E-state index in [9.17, 15) is 5.11 Å². The maximum Gasteiger partial charge on any atom is 0.113 e. The molecule has 64 valence electrons. The molecule has 1 N–H and O–H groups in total. The lowest BCUT2D eigenvalue weighted by atomic mass is 10.0. The van der Waals surface area contributed by atoms with E-state index in [4.69, 9.17) is 0 Å². The van der Waals surface area contributed by atoms with Gasteiger partial charge in [-0.1, -0.05) is 20.4 Å².